The monoisotopic (exact) mass is 563 g/mol. The molecule has 39 heavy (non-hydrogen) atoms. The maximum atomic E-state index is 13.0. The molecular weight excluding hydrogens is 541 g/mol. The molecule has 1 N–H and O–H groups in total. The SMILES string of the molecule is COc1cc(Cl)ccc1-c1cccc(CC(=O)c2ccc(Oc3cc4c(cc3Cl)C(C(=O)O)CCO4)cc2)n1. The van der Waals surface area contributed by atoms with E-state index >= 15 is 0 Å². The van der Waals surface area contributed by atoms with Crippen molar-refractivity contribution in [3.8, 4) is 34.3 Å². The van der Waals surface area contributed by atoms with Gasteiger partial charge in [-0.15, -0.1) is 0 Å². The number of hydrogen-bond donors (Lipinski definition) is 1. The number of Topliss-reactive ketones (excluding diaryl/α,β-unsaturated/α-hetero) is 1. The Bertz CT molecular complexity index is 1550. The van der Waals surface area contributed by atoms with E-state index in [0.717, 1.165) is 5.56 Å². The minimum Gasteiger partial charge on any atom is -0.496 e. The molecule has 3 aromatic carbocycles. The Labute approximate surface area is 234 Å². The van der Waals surface area contributed by atoms with Gasteiger partial charge in [0.1, 0.15) is 23.0 Å². The number of halogens is 2. The summed E-state index contributed by atoms with van der Waals surface area (Å²) in [5.41, 5.74) is 3.11. The number of ketones is 1. The summed E-state index contributed by atoms with van der Waals surface area (Å²) < 4.78 is 17.0. The predicted molar refractivity (Wildman–Crippen MR) is 148 cm³/mol. The van der Waals surface area contributed by atoms with Gasteiger partial charge in [-0.1, -0.05) is 29.3 Å². The van der Waals surface area contributed by atoms with Crippen LogP contribution >= 0.6 is 23.2 Å². The van der Waals surface area contributed by atoms with Crippen molar-refractivity contribution >= 4 is 35.0 Å². The first kappa shape index (κ1) is 26.5. The number of carboxylic acid groups (broad SMARTS) is 1. The average molecular weight is 564 g/mol. The Morgan fingerprint density at radius 1 is 1.03 bits per heavy atom. The number of benzene rings is 3. The van der Waals surface area contributed by atoms with Crippen LogP contribution in [0.3, 0.4) is 0 Å². The van der Waals surface area contributed by atoms with E-state index < -0.39 is 11.9 Å². The maximum Gasteiger partial charge on any atom is 0.311 e. The van der Waals surface area contributed by atoms with E-state index in [4.69, 9.17) is 37.4 Å². The number of fused-ring (bicyclic) bond motifs is 1. The number of pyridine rings is 1. The molecule has 5 rings (SSSR count). The zero-order valence-corrected chi connectivity index (χ0v) is 22.3. The van der Waals surface area contributed by atoms with Crippen molar-refractivity contribution in [2.24, 2.45) is 0 Å². The fourth-order valence-corrected chi connectivity index (χ4v) is 4.80. The maximum absolute atomic E-state index is 13.0. The first-order valence-corrected chi connectivity index (χ1v) is 12.9. The van der Waals surface area contributed by atoms with E-state index in [1.165, 1.54) is 0 Å². The number of aliphatic carboxylic acids is 1. The van der Waals surface area contributed by atoms with Crippen LogP contribution in [-0.4, -0.2) is 35.6 Å². The molecule has 0 saturated heterocycles. The highest BCUT2D eigenvalue weighted by atomic mass is 35.5. The molecule has 0 bridgehead atoms. The van der Waals surface area contributed by atoms with E-state index in [1.54, 1.807) is 61.7 Å². The van der Waals surface area contributed by atoms with Crippen LogP contribution in [0.1, 0.15) is 34.0 Å². The van der Waals surface area contributed by atoms with Gasteiger partial charge < -0.3 is 19.3 Å². The minimum absolute atomic E-state index is 0.103. The molecule has 1 aliphatic heterocycles. The Morgan fingerprint density at radius 2 is 1.82 bits per heavy atom. The molecule has 0 aliphatic carbocycles. The number of ether oxygens (including phenoxy) is 3. The van der Waals surface area contributed by atoms with E-state index in [9.17, 15) is 14.7 Å². The summed E-state index contributed by atoms with van der Waals surface area (Å²) in [6.07, 6.45) is 0.492. The first-order chi connectivity index (χ1) is 18.8. The van der Waals surface area contributed by atoms with Gasteiger partial charge in [0.15, 0.2) is 5.78 Å². The normalized spacial score (nSPS) is 14.2. The molecule has 0 saturated carbocycles. The minimum atomic E-state index is -0.920. The summed E-state index contributed by atoms with van der Waals surface area (Å²) in [6, 6.07) is 20.7. The predicted octanol–water partition coefficient (Wildman–Crippen LogP) is 7.23. The van der Waals surface area contributed by atoms with Crippen LogP contribution in [0.5, 0.6) is 23.0 Å². The van der Waals surface area contributed by atoms with Crippen molar-refractivity contribution in [2.45, 2.75) is 18.8 Å². The molecule has 198 valence electrons. The van der Waals surface area contributed by atoms with Gasteiger partial charge >= 0.3 is 5.97 Å². The average Bonchev–Trinajstić information content (AvgIpc) is 2.93. The number of methoxy groups -OCH3 is 1. The van der Waals surface area contributed by atoms with E-state index in [0.29, 0.717) is 63.6 Å². The summed E-state index contributed by atoms with van der Waals surface area (Å²) in [5.74, 6) is 0.139. The van der Waals surface area contributed by atoms with E-state index in [1.807, 2.05) is 18.2 Å². The smallest absolute Gasteiger partial charge is 0.311 e. The molecule has 7 nitrogen and oxygen atoms in total. The molecule has 4 aromatic rings. The highest BCUT2D eigenvalue weighted by molar-refractivity contribution is 6.32. The van der Waals surface area contributed by atoms with Crippen molar-refractivity contribution in [3.05, 3.63) is 99.7 Å². The lowest BCUT2D eigenvalue weighted by Gasteiger charge is -2.24. The van der Waals surface area contributed by atoms with Gasteiger partial charge in [-0.2, -0.15) is 0 Å². The lowest BCUT2D eigenvalue weighted by atomic mass is 9.93. The topological polar surface area (TPSA) is 95.0 Å². The summed E-state index contributed by atoms with van der Waals surface area (Å²) >= 11 is 12.5. The van der Waals surface area contributed by atoms with Gasteiger partial charge in [-0.05, 0) is 67.1 Å². The van der Waals surface area contributed by atoms with Crippen molar-refractivity contribution in [1.29, 1.82) is 0 Å². The molecule has 1 aliphatic rings. The second-order valence-electron chi connectivity index (χ2n) is 8.93. The van der Waals surface area contributed by atoms with Crippen molar-refractivity contribution in [3.63, 3.8) is 0 Å². The van der Waals surface area contributed by atoms with Crippen LogP contribution in [-0.2, 0) is 11.2 Å². The van der Waals surface area contributed by atoms with E-state index in [2.05, 4.69) is 4.98 Å². The number of carbonyl (C=O) groups is 2. The van der Waals surface area contributed by atoms with Gasteiger partial charge in [0, 0.05) is 33.5 Å². The van der Waals surface area contributed by atoms with Gasteiger partial charge in [0.05, 0.1) is 36.8 Å². The molecule has 0 radical (unpaired) electrons. The van der Waals surface area contributed by atoms with Crippen LogP contribution in [0.4, 0.5) is 0 Å². The Hall–Kier alpha value is -4.07. The number of nitrogens with zero attached hydrogens (tertiary/aromatic N) is 1. The zero-order valence-electron chi connectivity index (χ0n) is 20.8. The van der Waals surface area contributed by atoms with Crippen LogP contribution < -0.4 is 14.2 Å². The largest absolute Gasteiger partial charge is 0.496 e. The molecule has 0 spiro atoms. The third kappa shape index (κ3) is 5.85. The first-order valence-electron chi connectivity index (χ1n) is 12.1. The highest BCUT2D eigenvalue weighted by Crippen LogP contribution is 2.42. The van der Waals surface area contributed by atoms with E-state index in [-0.39, 0.29) is 17.2 Å². The summed E-state index contributed by atoms with van der Waals surface area (Å²) in [7, 11) is 1.57. The lowest BCUT2D eigenvalue weighted by molar-refractivity contribution is -0.139. The molecular formula is C30H23Cl2NO6. The van der Waals surface area contributed by atoms with Crippen molar-refractivity contribution in [1.82, 2.24) is 4.98 Å². The van der Waals surface area contributed by atoms with Gasteiger partial charge in [-0.3, -0.25) is 14.6 Å². The summed E-state index contributed by atoms with van der Waals surface area (Å²) in [6.45, 7) is 0.298. The van der Waals surface area contributed by atoms with Crippen LogP contribution in [0.15, 0.2) is 72.8 Å². The Morgan fingerprint density at radius 3 is 2.56 bits per heavy atom. The van der Waals surface area contributed by atoms with Crippen LogP contribution in [0.2, 0.25) is 10.0 Å². The van der Waals surface area contributed by atoms with Gasteiger partial charge in [0.25, 0.3) is 0 Å². The van der Waals surface area contributed by atoms with Crippen molar-refractivity contribution in [2.75, 3.05) is 13.7 Å². The van der Waals surface area contributed by atoms with Gasteiger partial charge in [0.2, 0.25) is 0 Å². The molecule has 1 aromatic heterocycles. The summed E-state index contributed by atoms with van der Waals surface area (Å²) in [5, 5.41) is 10.3. The molecule has 2 heterocycles. The molecule has 1 atom stereocenters. The van der Waals surface area contributed by atoms with Gasteiger partial charge in [-0.25, -0.2) is 0 Å². The second kappa shape index (κ2) is 11.4. The number of carbonyl (C=O) groups excluding carboxylic acids is 1. The number of rotatable bonds is 8. The number of hydrogen-bond acceptors (Lipinski definition) is 6. The molecule has 0 fully saturated rings. The molecule has 1 unspecified atom stereocenters. The fourth-order valence-electron chi connectivity index (χ4n) is 4.43. The highest BCUT2D eigenvalue weighted by Gasteiger charge is 2.29. The zero-order chi connectivity index (χ0) is 27.5. The second-order valence-corrected chi connectivity index (χ2v) is 9.78. The van der Waals surface area contributed by atoms with Crippen LogP contribution in [0.25, 0.3) is 11.3 Å². The lowest BCUT2D eigenvalue weighted by Crippen LogP contribution is -2.20. The fraction of sp³-hybridized carbons (Fsp3) is 0.167. The standard InChI is InChI=1S/C30H23Cl2NO6/c1-37-27-13-18(31)7-10-22(27)25-4-2-3-19(33-25)14-26(34)17-5-8-20(9-6-17)39-29-16-28-23(15-24(29)32)21(30(35)36)11-12-38-28/h2-10,13,15-16,21H,11-12,14H2,1H3,(H,35,36). The molecule has 9 heteroatoms. The Kier molecular flexibility index (Phi) is 7.72. The third-order valence-electron chi connectivity index (χ3n) is 6.39. The van der Waals surface area contributed by atoms with Crippen molar-refractivity contribution < 1.29 is 28.9 Å². The Balaban J connectivity index is 1.29. The third-order valence-corrected chi connectivity index (χ3v) is 6.92. The number of aromatic nitrogens is 1. The number of carboxylic acids is 1. The molecule has 0 amide bonds. The van der Waals surface area contributed by atoms with Crippen LogP contribution in [0, 0.1) is 0 Å². The quantitative estimate of drug-likeness (QED) is 0.226. The summed E-state index contributed by atoms with van der Waals surface area (Å²) in [4.78, 5) is 29.2.